The van der Waals surface area contributed by atoms with Crippen LogP contribution in [0.15, 0.2) is 0 Å². The third-order valence-corrected chi connectivity index (χ3v) is 4.80. The van der Waals surface area contributed by atoms with Crippen LogP contribution in [0.1, 0.15) is 46.0 Å². The molecule has 0 radical (unpaired) electrons. The molecule has 2 saturated carbocycles. The Bertz CT molecular complexity index is 241. The highest BCUT2D eigenvalue weighted by Gasteiger charge is 2.41. The normalized spacial score (nSPS) is 32.3. The van der Waals surface area contributed by atoms with E-state index in [0.29, 0.717) is 6.04 Å². The van der Waals surface area contributed by atoms with Crippen molar-refractivity contribution in [3.8, 4) is 0 Å². The van der Waals surface area contributed by atoms with Crippen LogP contribution < -0.4 is 5.32 Å². The first-order valence-corrected chi connectivity index (χ1v) is 7.68. The van der Waals surface area contributed by atoms with E-state index >= 15 is 0 Å². The molecule has 0 heterocycles. The van der Waals surface area contributed by atoms with Crippen LogP contribution in [-0.2, 0) is 9.47 Å². The first-order chi connectivity index (χ1) is 8.78. The van der Waals surface area contributed by atoms with Crippen LogP contribution in [-0.4, -0.2) is 32.6 Å². The Hall–Kier alpha value is -0.120. The summed E-state index contributed by atoms with van der Waals surface area (Å²) in [6.45, 7) is 5.52. The molecule has 0 aromatic carbocycles. The molecule has 106 valence electrons. The van der Waals surface area contributed by atoms with E-state index in [9.17, 15) is 0 Å². The van der Waals surface area contributed by atoms with Gasteiger partial charge < -0.3 is 14.8 Å². The molecule has 1 N–H and O–H groups in total. The van der Waals surface area contributed by atoms with Gasteiger partial charge in [0.1, 0.15) is 0 Å². The number of hydrogen-bond donors (Lipinski definition) is 1. The molecule has 0 aliphatic heterocycles. The molecule has 18 heavy (non-hydrogen) atoms. The summed E-state index contributed by atoms with van der Waals surface area (Å²) in [6.07, 6.45) is 6.99. The van der Waals surface area contributed by atoms with E-state index in [1.165, 1.54) is 32.1 Å². The van der Waals surface area contributed by atoms with Gasteiger partial charge in [0.15, 0.2) is 6.29 Å². The maximum absolute atomic E-state index is 5.74. The Kier molecular flexibility index (Phi) is 5.46. The van der Waals surface area contributed by atoms with E-state index in [4.69, 9.17) is 9.47 Å². The second-order valence-electron chi connectivity index (χ2n) is 5.84. The van der Waals surface area contributed by atoms with Crippen molar-refractivity contribution < 1.29 is 9.47 Å². The second kappa shape index (κ2) is 6.88. The van der Waals surface area contributed by atoms with Gasteiger partial charge in [-0.05, 0) is 64.3 Å². The number of nitrogens with one attached hydrogen (secondary N) is 1. The minimum absolute atomic E-state index is 0.0795. The molecule has 0 aromatic heterocycles. The summed E-state index contributed by atoms with van der Waals surface area (Å²) < 4.78 is 11.5. The molecule has 2 rings (SSSR count). The standard InChI is InChI=1S/C15H29NO2/c1-4-17-15(18-5-2)14(16-3)10-13-9-11-6-7-12(13)8-11/h11-16H,4-10H2,1-3H3. The van der Waals surface area contributed by atoms with Crippen LogP contribution in [0.25, 0.3) is 0 Å². The van der Waals surface area contributed by atoms with Gasteiger partial charge in [-0.2, -0.15) is 0 Å². The lowest BCUT2D eigenvalue weighted by Gasteiger charge is -2.31. The molecule has 0 spiro atoms. The fraction of sp³-hybridized carbons (Fsp3) is 1.00. The molecular formula is C15H29NO2. The molecule has 3 nitrogen and oxygen atoms in total. The number of ether oxygens (including phenoxy) is 2. The zero-order chi connectivity index (χ0) is 13.0. The predicted octanol–water partition coefficient (Wildman–Crippen LogP) is 2.80. The van der Waals surface area contributed by atoms with Crippen LogP contribution in [0.4, 0.5) is 0 Å². The van der Waals surface area contributed by atoms with Crippen LogP contribution in [0.2, 0.25) is 0 Å². The van der Waals surface area contributed by atoms with E-state index in [-0.39, 0.29) is 6.29 Å². The average molecular weight is 255 g/mol. The van der Waals surface area contributed by atoms with E-state index in [0.717, 1.165) is 31.0 Å². The molecule has 0 aromatic rings. The van der Waals surface area contributed by atoms with Crippen molar-refractivity contribution in [1.29, 1.82) is 0 Å². The van der Waals surface area contributed by atoms with Gasteiger partial charge in [0.2, 0.25) is 0 Å². The van der Waals surface area contributed by atoms with Crippen molar-refractivity contribution in [1.82, 2.24) is 5.32 Å². The quantitative estimate of drug-likeness (QED) is 0.677. The Morgan fingerprint density at radius 1 is 1.11 bits per heavy atom. The molecule has 3 heteroatoms. The van der Waals surface area contributed by atoms with Gasteiger partial charge in [-0.1, -0.05) is 6.42 Å². The van der Waals surface area contributed by atoms with E-state index < -0.39 is 0 Å². The number of fused-ring (bicyclic) bond motifs is 2. The Morgan fingerprint density at radius 2 is 1.83 bits per heavy atom. The highest BCUT2D eigenvalue weighted by atomic mass is 16.7. The summed E-state index contributed by atoms with van der Waals surface area (Å²) >= 11 is 0. The van der Waals surface area contributed by atoms with Gasteiger partial charge in [0.05, 0.1) is 6.04 Å². The first kappa shape index (κ1) is 14.3. The predicted molar refractivity (Wildman–Crippen MR) is 73.4 cm³/mol. The lowest BCUT2D eigenvalue weighted by Crippen LogP contribution is -2.43. The topological polar surface area (TPSA) is 30.5 Å². The molecular weight excluding hydrogens is 226 g/mol. The summed E-state index contributed by atoms with van der Waals surface area (Å²) in [6, 6.07) is 0.342. The smallest absolute Gasteiger partial charge is 0.172 e. The zero-order valence-electron chi connectivity index (χ0n) is 12.2. The van der Waals surface area contributed by atoms with E-state index in [1.54, 1.807) is 0 Å². The van der Waals surface area contributed by atoms with Crippen molar-refractivity contribution in [2.24, 2.45) is 17.8 Å². The average Bonchev–Trinajstić information content (AvgIpc) is 2.98. The fourth-order valence-electron chi connectivity index (χ4n) is 3.97. The van der Waals surface area contributed by atoms with Crippen molar-refractivity contribution in [2.45, 2.75) is 58.3 Å². The van der Waals surface area contributed by atoms with Gasteiger partial charge in [-0.15, -0.1) is 0 Å². The summed E-state index contributed by atoms with van der Waals surface area (Å²) in [5, 5.41) is 3.41. The van der Waals surface area contributed by atoms with E-state index in [1.807, 2.05) is 20.9 Å². The third kappa shape index (κ3) is 3.25. The van der Waals surface area contributed by atoms with Crippen LogP contribution in [0, 0.1) is 17.8 Å². The molecule has 2 bridgehead atoms. The summed E-state index contributed by atoms with van der Waals surface area (Å²) in [5.74, 6) is 2.90. The third-order valence-electron chi connectivity index (χ3n) is 4.80. The van der Waals surface area contributed by atoms with Crippen molar-refractivity contribution >= 4 is 0 Å². The number of likely N-dealkylation sites (N-methyl/N-ethyl adjacent to an activating group) is 1. The minimum Gasteiger partial charge on any atom is -0.351 e. The fourth-order valence-corrected chi connectivity index (χ4v) is 3.97. The molecule has 4 atom stereocenters. The molecule has 2 aliphatic carbocycles. The van der Waals surface area contributed by atoms with Crippen molar-refractivity contribution in [2.75, 3.05) is 20.3 Å². The SMILES string of the molecule is CCOC(OCC)C(CC1CC2CCC1C2)NC. The molecule has 4 unspecified atom stereocenters. The van der Waals surface area contributed by atoms with Gasteiger partial charge in [-0.25, -0.2) is 0 Å². The lowest BCUT2D eigenvalue weighted by molar-refractivity contribution is -0.156. The Morgan fingerprint density at radius 3 is 2.28 bits per heavy atom. The van der Waals surface area contributed by atoms with Gasteiger partial charge in [-0.3, -0.25) is 0 Å². The Labute approximate surface area is 112 Å². The summed E-state index contributed by atoms with van der Waals surface area (Å²) in [5.41, 5.74) is 0. The number of rotatable bonds is 8. The maximum atomic E-state index is 5.74. The van der Waals surface area contributed by atoms with Crippen LogP contribution in [0.3, 0.4) is 0 Å². The monoisotopic (exact) mass is 255 g/mol. The van der Waals surface area contributed by atoms with Crippen LogP contribution >= 0.6 is 0 Å². The van der Waals surface area contributed by atoms with Gasteiger partial charge >= 0.3 is 0 Å². The van der Waals surface area contributed by atoms with E-state index in [2.05, 4.69) is 5.32 Å². The maximum Gasteiger partial charge on any atom is 0.172 e. The van der Waals surface area contributed by atoms with Gasteiger partial charge in [0.25, 0.3) is 0 Å². The largest absolute Gasteiger partial charge is 0.351 e. The second-order valence-corrected chi connectivity index (χ2v) is 5.84. The highest BCUT2D eigenvalue weighted by molar-refractivity contribution is 4.92. The lowest BCUT2D eigenvalue weighted by atomic mass is 9.84. The first-order valence-electron chi connectivity index (χ1n) is 7.68. The summed E-state index contributed by atoms with van der Waals surface area (Å²) in [4.78, 5) is 0. The van der Waals surface area contributed by atoms with Crippen LogP contribution in [0.5, 0.6) is 0 Å². The minimum atomic E-state index is -0.0795. The Balaban J connectivity index is 1.86. The zero-order valence-corrected chi connectivity index (χ0v) is 12.2. The number of hydrogen-bond acceptors (Lipinski definition) is 3. The summed E-state index contributed by atoms with van der Waals surface area (Å²) in [7, 11) is 2.03. The van der Waals surface area contributed by atoms with Crippen molar-refractivity contribution in [3.05, 3.63) is 0 Å². The molecule has 0 saturated heterocycles. The highest BCUT2D eigenvalue weighted by Crippen LogP contribution is 2.50. The molecule has 0 amide bonds. The van der Waals surface area contributed by atoms with Crippen molar-refractivity contribution in [3.63, 3.8) is 0 Å². The molecule has 2 fully saturated rings. The molecule has 2 aliphatic rings. The van der Waals surface area contributed by atoms with Gasteiger partial charge in [0, 0.05) is 13.2 Å².